The molecule has 0 aliphatic heterocycles. The fourth-order valence-corrected chi connectivity index (χ4v) is 1.71. The predicted molar refractivity (Wildman–Crippen MR) is 68.2 cm³/mol. The molecule has 0 bridgehead atoms. The van der Waals surface area contributed by atoms with E-state index in [2.05, 4.69) is 26.5 Å². The van der Waals surface area contributed by atoms with E-state index in [0.717, 1.165) is 12.8 Å². The Labute approximate surface area is 100 Å². The van der Waals surface area contributed by atoms with Gasteiger partial charge >= 0.3 is 0 Å². The summed E-state index contributed by atoms with van der Waals surface area (Å²) >= 11 is 0. The molecule has 1 unspecified atom stereocenters. The van der Waals surface area contributed by atoms with Crippen LogP contribution in [0.1, 0.15) is 58.8 Å². The van der Waals surface area contributed by atoms with E-state index >= 15 is 0 Å². The molecular weight excluding hydrogens is 198 g/mol. The van der Waals surface area contributed by atoms with Crippen LogP contribution in [0, 0.1) is 11.3 Å². The van der Waals surface area contributed by atoms with Crippen molar-refractivity contribution in [3.63, 3.8) is 0 Å². The number of rotatable bonds is 10. The molecule has 92 valence electrons. The first-order valence-corrected chi connectivity index (χ1v) is 6.42. The molecular formula is C14H25NO. The van der Waals surface area contributed by atoms with Crippen LogP contribution in [0.2, 0.25) is 0 Å². The lowest BCUT2D eigenvalue weighted by Gasteiger charge is -2.18. The highest BCUT2D eigenvalue weighted by Crippen LogP contribution is 2.17. The summed E-state index contributed by atoms with van der Waals surface area (Å²) in [6, 6.07) is 2.09. The molecule has 0 heterocycles. The van der Waals surface area contributed by atoms with Gasteiger partial charge in [-0.15, -0.1) is 0 Å². The molecule has 0 aliphatic rings. The quantitative estimate of drug-likeness (QED) is 0.410. The molecule has 0 aromatic heterocycles. The minimum Gasteiger partial charge on any atom is -0.373 e. The van der Waals surface area contributed by atoms with E-state index in [1.165, 1.54) is 31.3 Å². The van der Waals surface area contributed by atoms with Gasteiger partial charge in [-0.2, -0.15) is 5.26 Å². The third kappa shape index (κ3) is 7.48. The molecule has 0 amide bonds. The van der Waals surface area contributed by atoms with Crippen molar-refractivity contribution in [2.24, 2.45) is 0 Å². The molecule has 0 aromatic rings. The Morgan fingerprint density at radius 3 is 2.62 bits per heavy atom. The van der Waals surface area contributed by atoms with Crippen molar-refractivity contribution in [1.82, 2.24) is 0 Å². The average Bonchev–Trinajstić information content (AvgIpc) is 2.30. The fraction of sp³-hybridized carbons (Fsp3) is 0.786. The van der Waals surface area contributed by atoms with Gasteiger partial charge in [-0.1, -0.05) is 39.7 Å². The second-order valence-electron chi connectivity index (χ2n) is 4.14. The minimum absolute atomic E-state index is 0.148. The maximum Gasteiger partial charge on any atom is 0.0780 e. The first kappa shape index (κ1) is 15.2. The second kappa shape index (κ2) is 10.7. The highest BCUT2D eigenvalue weighted by atomic mass is 16.5. The van der Waals surface area contributed by atoms with E-state index < -0.39 is 0 Å². The van der Waals surface area contributed by atoms with Gasteiger partial charge in [0.2, 0.25) is 0 Å². The molecule has 0 radical (unpaired) electrons. The number of hydrogen-bond donors (Lipinski definition) is 0. The number of unbranched alkanes of at least 4 members (excludes halogenated alkanes) is 3. The average molecular weight is 223 g/mol. The van der Waals surface area contributed by atoms with Gasteiger partial charge in [0.05, 0.1) is 25.2 Å². The van der Waals surface area contributed by atoms with Gasteiger partial charge < -0.3 is 4.74 Å². The molecule has 16 heavy (non-hydrogen) atoms. The molecule has 1 atom stereocenters. The first-order chi connectivity index (χ1) is 7.76. The summed E-state index contributed by atoms with van der Waals surface area (Å²) in [5.41, 5.74) is 1.19. The Hall–Kier alpha value is -0.810. The lowest BCUT2D eigenvalue weighted by molar-refractivity contribution is 0.0771. The number of hydrogen-bond acceptors (Lipinski definition) is 2. The minimum atomic E-state index is 0.148. The number of ether oxygens (including phenoxy) is 1. The maximum atomic E-state index is 8.44. The smallest absolute Gasteiger partial charge is 0.0780 e. The van der Waals surface area contributed by atoms with E-state index in [1.54, 1.807) is 0 Å². The van der Waals surface area contributed by atoms with Crippen molar-refractivity contribution < 1.29 is 4.74 Å². The largest absolute Gasteiger partial charge is 0.373 e. The summed E-state index contributed by atoms with van der Waals surface area (Å²) in [5.74, 6) is 0. The highest BCUT2D eigenvalue weighted by molar-refractivity contribution is 5.01. The van der Waals surface area contributed by atoms with Crippen molar-refractivity contribution in [2.45, 2.75) is 64.9 Å². The Bertz CT molecular complexity index is 217. The summed E-state index contributed by atoms with van der Waals surface area (Å²) in [6.07, 6.45) is 7.70. The van der Waals surface area contributed by atoms with Crippen LogP contribution in [0.5, 0.6) is 0 Å². The Kier molecular flexibility index (Phi) is 10.2. The normalized spacial score (nSPS) is 12.1. The SMILES string of the molecule is C=C(CCCCCC)C(CC)OCCC#N. The third-order valence-electron chi connectivity index (χ3n) is 2.71. The van der Waals surface area contributed by atoms with Crippen LogP contribution in [-0.2, 0) is 4.74 Å². The van der Waals surface area contributed by atoms with Crippen LogP contribution < -0.4 is 0 Å². The summed E-state index contributed by atoms with van der Waals surface area (Å²) < 4.78 is 5.63. The summed E-state index contributed by atoms with van der Waals surface area (Å²) in [7, 11) is 0. The van der Waals surface area contributed by atoms with Crippen LogP contribution in [-0.4, -0.2) is 12.7 Å². The summed E-state index contributed by atoms with van der Waals surface area (Å²) in [6.45, 7) is 8.95. The molecule has 0 saturated carbocycles. The number of nitriles is 1. The molecule has 0 aliphatic carbocycles. The van der Waals surface area contributed by atoms with Gasteiger partial charge in [0.25, 0.3) is 0 Å². The van der Waals surface area contributed by atoms with Crippen molar-refractivity contribution in [2.75, 3.05) is 6.61 Å². The van der Waals surface area contributed by atoms with E-state index in [-0.39, 0.29) is 6.10 Å². The van der Waals surface area contributed by atoms with Crippen LogP contribution >= 0.6 is 0 Å². The van der Waals surface area contributed by atoms with Gasteiger partial charge in [-0.3, -0.25) is 0 Å². The van der Waals surface area contributed by atoms with Gasteiger partial charge in [0, 0.05) is 0 Å². The monoisotopic (exact) mass is 223 g/mol. The van der Waals surface area contributed by atoms with E-state index in [1.807, 2.05) is 0 Å². The van der Waals surface area contributed by atoms with Crippen LogP contribution in [0.4, 0.5) is 0 Å². The standard InChI is InChI=1S/C14H25NO/c1-4-6-7-8-10-13(3)14(5-2)16-12-9-11-15/h14H,3-10,12H2,1-2H3. The first-order valence-electron chi connectivity index (χ1n) is 6.42. The lowest BCUT2D eigenvalue weighted by atomic mass is 10.0. The van der Waals surface area contributed by atoms with Gasteiger partial charge in [0.15, 0.2) is 0 Å². The van der Waals surface area contributed by atoms with Crippen LogP contribution in [0.3, 0.4) is 0 Å². The maximum absolute atomic E-state index is 8.44. The predicted octanol–water partition coefficient (Wildman–Crippen LogP) is 4.22. The van der Waals surface area contributed by atoms with Crippen molar-refractivity contribution in [1.29, 1.82) is 5.26 Å². The van der Waals surface area contributed by atoms with Crippen molar-refractivity contribution in [3.8, 4) is 6.07 Å². The molecule has 2 nitrogen and oxygen atoms in total. The van der Waals surface area contributed by atoms with Gasteiger partial charge in [0.1, 0.15) is 0 Å². The molecule has 0 rings (SSSR count). The van der Waals surface area contributed by atoms with Crippen LogP contribution in [0.15, 0.2) is 12.2 Å². The molecule has 2 heteroatoms. The van der Waals surface area contributed by atoms with Crippen molar-refractivity contribution >= 4 is 0 Å². The van der Waals surface area contributed by atoms with E-state index in [9.17, 15) is 0 Å². The topological polar surface area (TPSA) is 33.0 Å². The van der Waals surface area contributed by atoms with E-state index in [0.29, 0.717) is 13.0 Å². The van der Waals surface area contributed by atoms with E-state index in [4.69, 9.17) is 10.00 Å². The molecule has 0 fully saturated rings. The zero-order valence-electron chi connectivity index (χ0n) is 10.8. The molecule has 0 spiro atoms. The van der Waals surface area contributed by atoms with Gasteiger partial charge in [-0.25, -0.2) is 0 Å². The molecule has 0 saturated heterocycles. The van der Waals surface area contributed by atoms with Crippen LogP contribution in [0.25, 0.3) is 0 Å². The lowest BCUT2D eigenvalue weighted by Crippen LogP contribution is -2.15. The Morgan fingerprint density at radius 1 is 1.31 bits per heavy atom. The fourth-order valence-electron chi connectivity index (χ4n) is 1.71. The third-order valence-corrected chi connectivity index (χ3v) is 2.71. The highest BCUT2D eigenvalue weighted by Gasteiger charge is 2.10. The Balaban J connectivity index is 3.70. The zero-order valence-corrected chi connectivity index (χ0v) is 10.8. The summed E-state index contributed by atoms with van der Waals surface area (Å²) in [5, 5.41) is 8.44. The molecule has 0 aromatic carbocycles. The molecule has 0 N–H and O–H groups in total. The summed E-state index contributed by atoms with van der Waals surface area (Å²) in [4.78, 5) is 0. The zero-order chi connectivity index (χ0) is 12.2. The Morgan fingerprint density at radius 2 is 2.06 bits per heavy atom. The van der Waals surface area contributed by atoms with Crippen molar-refractivity contribution in [3.05, 3.63) is 12.2 Å². The second-order valence-corrected chi connectivity index (χ2v) is 4.14. The number of nitrogens with zero attached hydrogens (tertiary/aromatic N) is 1. The van der Waals surface area contributed by atoms with Gasteiger partial charge in [-0.05, 0) is 24.8 Å².